The highest BCUT2D eigenvalue weighted by Crippen LogP contribution is 2.21. The molecule has 6 heteroatoms. The summed E-state index contributed by atoms with van der Waals surface area (Å²) in [5.41, 5.74) is 1.03. The first-order chi connectivity index (χ1) is 8.87. The molecular formula is C13H16BrNO3S. The Morgan fingerprint density at radius 3 is 2.53 bits per heavy atom. The van der Waals surface area contributed by atoms with Crippen LogP contribution in [0, 0.1) is 5.92 Å². The molecule has 1 aromatic carbocycles. The number of benzene rings is 1. The average molecular weight is 346 g/mol. The Morgan fingerprint density at radius 1 is 1.37 bits per heavy atom. The molecule has 0 bridgehead atoms. The normalized spacial score (nSPS) is 21.3. The van der Waals surface area contributed by atoms with E-state index in [0.717, 1.165) is 10.0 Å². The smallest absolute Gasteiger partial charge is 0.226 e. The standard InChI is InChI=1S/C13H16BrNO3S/c1-15(8-10-2-4-12(14)5-3-10)13(16)11-6-7-19(17,18)9-11/h2-5,11H,6-9H2,1H3. The summed E-state index contributed by atoms with van der Waals surface area (Å²) in [6.45, 7) is 0.503. The van der Waals surface area contributed by atoms with Crippen LogP contribution in [0.3, 0.4) is 0 Å². The molecule has 104 valence electrons. The molecule has 1 saturated heterocycles. The van der Waals surface area contributed by atoms with Gasteiger partial charge >= 0.3 is 0 Å². The van der Waals surface area contributed by atoms with Gasteiger partial charge in [-0.05, 0) is 24.1 Å². The molecule has 1 fully saturated rings. The van der Waals surface area contributed by atoms with E-state index in [1.165, 1.54) is 0 Å². The van der Waals surface area contributed by atoms with Gasteiger partial charge in [-0.1, -0.05) is 28.1 Å². The molecule has 2 rings (SSSR count). The van der Waals surface area contributed by atoms with Crippen molar-refractivity contribution in [1.82, 2.24) is 4.90 Å². The van der Waals surface area contributed by atoms with Gasteiger partial charge in [0.2, 0.25) is 5.91 Å². The van der Waals surface area contributed by atoms with Gasteiger partial charge in [-0.25, -0.2) is 8.42 Å². The Morgan fingerprint density at radius 2 is 2.00 bits per heavy atom. The van der Waals surface area contributed by atoms with Crippen molar-refractivity contribution in [2.45, 2.75) is 13.0 Å². The largest absolute Gasteiger partial charge is 0.341 e. The summed E-state index contributed by atoms with van der Waals surface area (Å²) >= 11 is 3.36. The quantitative estimate of drug-likeness (QED) is 0.839. The summed E-state index contributed by atoms with van der Waals surface area (Å²) in [5, 5.41) is 0. The molecule has 1 heterocycles. The predicted molar refractivity (Wildman–Crippen MR) is 77.4 cm³/mol. The van der Waals surface area contributed by atoms with Gasteiger partial charge in [-0.3, -0.25) is 4.79 Å². The minimum Gasteiger partial charge on any atom is -0.341 e. The highest BCUT2D eigenvalue weighted by atomic mass is 79.9. The Hall–Kier alpha value is -0.880. The van der Waals surface area contributed by atoms with E-state index in [9.17, 15) is 13.2 Å². The van der Waals surface area contributed by atoms with Crippen molar-refractivity contribution in [2.75, 3.05) is 18.6 Å². The van der Waals surface area contributed by atoms with Crippen LogP contribution in [0.15, 0.2) is 28.7 Å². The molecule has 19 heavy (non-hydrogen) atoms. The van der Waals surface area contributed by atoms with E-state index in [1.54, 1.807) is 11.9 Å². The lowest BCUT2D eigenvalue weighted by Gasteiger charge is -2.20. The van der Waals surface area contributed by atoms with Crippen molar-refractivity contribution in [3.05, 3.63) is 34.3 Å². The zero-order valence-electron chi connectivity index (χ0n) is 10.7. The number of amides is 1. The average Bonchev–Trinajstić information content (AvgIpc) is 2.71. The summed E-state index contributed by atoms with van der Waals surface area (Å²) in [7, 11) is -1.29. The van der Waals surface area contributed by atoms with Gasteiger partial charge in [-0.15, -0.1) is 0 Å². The van der Waals surface area contributed by atoms with E-state index in [2.05, 4.69) is 15.9 Å². The van der Waals surface area contributed by atoms with Crippen LogP contribution in [-0.4, -0.2) is 37.8 Å². The van der Waals surface area contributed by atoms with Gasteiger partial charge in [0.25, 0.3) is 0 Å². The van der Waals surface area contributed by atoms with E-state index < -0.39 is 9.84 Å². The van der Waals surface area contributed by atoms with Gasteiger partial charge in [0.05, 0.1) is 17.4 Å². The van der Waals surface area contributed by atoms with Crippen LogP contribution in [0.2, 0.25) is 0 Å². The van der Waals surface area contributed by atoms with Crippen LogP contribution >= 0.6 is 15.9 Å². The highest BCUT2D eigenvalue weighted by molar-refractivity contribution is 9.10. The van der Waals surface area contributed by atoms with Crippen molar-refractivity contribution in [3.63, 3.8) is 0 Å². The molecule has 1 aliphatic rings. The van der Waals surface area contributed by atoms with E-state index in [0.29, 0.717) is 13.0 Å². The van der Waals surface area contributed by atoms with Crippen LogP contribution in [0.25, 0.3) is 0 Å². The number of sulfone groups is 1. The summed E-state index contributed by atoms with van der Waals surface area (Å²) in [6, 6.07) is 7.74. The Balaban J connectivity index is 1.98. The zero-order valence-corrected chi connectivity index (χ0v) is 13.1. The fourth-order valence-electron chi connectivity index (χ4n) is 2.24. The maximum atomic E-state index is 12.2. The zero-order chi connectivity index (χ0) is 14.0. The van der Waals surface area contributed by atoms with Crippen LogP contribution in [-0.2, 0) is 21.2 Å². The number of rotatable bonds is 3. The topological polar surface area (TPSA) is 54.5 Å². The third-order valence-corrected chi connectivity index (χ3v) is 5.59. The maximum absolute atomic E-state index is 12.2. The van der Waals surface area contributed by atoms with Gasteiger partial charge < -0.3 is 4.90 Å². The molecule has 0 spiro atoms. The number of hydrogen-bond donors (Lipinski definition) is 0. The van der Waals surface area contributed by atoms with Crippen molar-refractivity contribution >= 4 is 31.7 Å². The van der Waals surface area contributed by atoms with Crippen molar-refractivity contribution in [2.24, 2.45) is 5.92 Å². The fourth-order valence-corrected chi connectivity index (χ4v) is 4.24. The Labute approximate surface area is 121 Å². The number of hydrogen-bond acceptors (Lipinski definition) is 3. The third-order valence-electron chi connectivity index (χ3n) is 3.29. The lowest BCUT2D eigenvalue weighted by molar-refractivity contribution is -0.133. The molecular weight excluding hydrogens is 330 g/mol. The number of carbonyl (C=O) groups excluding carboxylic acids is 1. The second-order valence-corrected chi connectivity index (χ2v) is 8.07. The molecule has 4 nitrogen and oxygen atoms in total. The summed E-state index contributed by atoms with van der Waals surface area (Å²) in [6.07, 6.45) is 0.450. The summed E-state index contributed by atoms with van der Waals surface area (Å²) in [5.74, 6) is -0.319. The number of nitrogens with zero attached hydrogens (tertiary/aromatic N) is 1. The van der Waals surface area contributed by atoms with Crippen molar-refractivity contribution in [1.29, 1.82) is 0 Å². The van der Waals surface area contributed by atoms with E-state index in [1.807, 2.05) is 24.3 Å². The van der Waals surface area contributed by atoms with E-state index in [-0.39, 0.29) is 23.3 Å². The SMILES string of the molecule is CN(Cc1ccc(Br)cc1)C(=O)C1CCS(=O)(=O)C1. The second kappa shape index (κ2) is 5.63. The Bertz CT molecular complexity index is 568. The molecule has 0 radical (unpaired) electrons. The van der Waals surface area contributed by atoms with Gasteiger partial charge in [-0.2, -0.15) is 0 Å². The second-order valence-electron chi connectivity index (χ2n) is 4.92. The molecule has 1 aromatic rings. The highest BCUT2D eigenvalue weighted by Gasteiger charge is 2.34. The Kier molecular flexibility index (Phi) is 4.30. The van der Waals surface area contributed by atoms with E-state index in [4.69, 9.17) is 0 Å². The number of carbonyl (C=O) groups is 1. The fraction of sp³-hybridized carbons (Fsp3) is 0.462. The summed E-state index contributed by atoms with van der Waals surface area (Å²) < 4.78 is 23.8. The minimum absolute atomic E-state index is 0.00346. The summed E-state index contributed by atoms with van der Waals surface area (Å²) in [4.78, 5) is 13.8. The van der Waals surface area contributed by atoms with Crippen molar-refractivity contribution < 1.29 is 13.2 Å². The monoisotopic (exact) mass is 345 g/mol. The van der Waals surface area contributed by atoms with Gasteiger partial charge in [0, 0.05) is 18.1 Å². The van der Waals surface area contributed by atoms with Crippen LogP contribution in [0.5, 0.6) is 0 Å². The molecule has 0 N–H and O–H groups in total. The van der Waals surface area contributed by atoms with E-state index >= 15 is 0 Å². The first-order valence-corrected chi connectivity index (χ1v) is 8.69. The van der Waals surface area contributed by atoms with Crippen molar-refractivity contribution in [3.8, 4) is 0 Å². The third kappa shape index (κ3) is 3.79. The predicted octanol–water partition coefficient (Wildman–Crippen LogP) is 1.84. The first-order valence-electron chi connectivity index (χ1n) is 6.07. The molecule has 1 atom stereocenters. The van der Waals surface area contributed by atoms with Gasteiger partial charge in [0.15, 0.2) is 9.84 Å². The lowest BCUT2D eigenvalue weighted by Crippen LogP contribution is -2.33. The molecule has 0 saturated carbocycles. The molecule has 1 amide bonds. The lowest BCUT2D eigenvalue weighted by atomic mass is 10.1. The van der Waals surface area contributed by atoms with Crippen LogP contribution in [0.4, 0.5) is 0 Å². The first kappa shape index (κ1) is 14.5. The maximum Gasteiger partial charge on any atom is 0.226 e. The molecule has 0 aromatic heterocycles. The minimum atomic E-state index is -3.01. The van der Waals surface area contributed by atoms with Gasteiger partial charge in [0.1, 0.15) is 0 Å². The molecule has 1 aliphatic heterocycles. The van der Waals surface area contributed by atoms with Crippen LogP contribution in [0.1, 0.15) is 12.0 Å². The molecule has 0 aliphatic carbocycles. The number of halogens is 1. The van der Waals surface area contributed by atoms with Crippen LogP contribution < -0.4 is 0 Å². The molecule has 1 unspecified atom stereocenters.